The van der Waals surface area contributed by atoms with E-state index in [4.69, 9.17) is 19.7 Å². The highest BCUT2D eigenvalue weighted by atomic mass is 16.5. The van der Waals surface area contributed by atoms with E-state index >= 15 is 0 Å². The Morgan fingerprint density at radius 1 is 0.971 bits per heavy atom. The Labute approximate surface area is 198 Å². The standard InChI is InChI=1S/C27H29N5O2/c1-4-18(3)19-11-13-20(14-12-19)32-25-23(27(33)31(17-28-25)15-8-16-34-5-2)24-26(32)30-22-10-7-6-9-21(22)29-24/h6-7,9-14,17-18H,4-5,8,15-16H2,1-3H3/t18-/m0/s1. The molecule has 7 nitrogen and oxygen atoms in total. The molecule has 0 unspecified atom stereocenters. The second-order valence-electron chi connectivity index (χ2n) is 8.61. The summed E-state index contributed by atoms with van der Waals surface area (Å²) in [4.78, 5) is 28.1. The van der Waals surface area contributed by atoms with Gasteiger partial charge in [-0.15, -0.1) is 0 Å². The highest BCUT2D eigenvalue weighted by Gasteiger charge is 2.21. The Morgan fingerprint density at radius 3 is 2.41 bits per heavy atom. The Balaban J connectivity index is 1.74. The molecular formula is C27H29N5O2. The Hall–Kier alpha value is -3.58. The highest BCUT2D eigenvalue weighted by molar-refractivity contribution is 6.05. The van der Waals surface area contributed by atoms with E-state index in [2.05, 4.69) is 38.1 Å². The maximum atomic E-state index is 13.6. The monoisotopic (exact) mass is 455 g/mol. The van der Waals surface area contributed by atoms with Crippen molar-refractivity contribution in [1.82, 2.24) is 24.1 Å². The van der Waals surface area contributed by atoms with Crippen molar-refractivity contribution in [2.24, 2.45) is 0 Å². The summed E-state index contributed by atoms with van der Waals surface area (Å²) >= 11 is 0. The Bertz CT molecular complexity index is 1520. The number of nitrogens with zero attached hydrogens (tertiary/aromatic N) is 5. The fraction of sp³-hybridized carbons (Fsp3) is 0.333. The lowest BCUT2D eigenvalue weighted by atomic mass is 9.99. The van der Waals surface area contributed by atoms with Crippen LogP contribution in [0.2, 0.25) is 0 Å². The molecular weight excluding hydrogens is 426 g/mol. The first-order valence-corrected chi connectivity index (χ1v) is 12.0. The van der Waals surface area contributed by atoms with Crippen LogP contribution >= 0.6 is 0 Å². The van der Waals surface area contributed by atoms with Gasteiger partial charge in [0.1, 0.15) is 10.9 Å². The van der Waals surface area contributed by atoms with Crippen molar-refractivity contribution in [3.8, 4) is 5.69 Å². The first-order valence-electron chi connectivity index (χ1n) is 12.0. The van der Waals surface area contributed by atoms with Crippen molar-refractivity contribution in [2.75, 3.05) is 13.2 Å². The summed E-state index contributed by atoms with van der Waals surface area (Å²) in [5, 5.41) is 0.498. The third-order valence-electron chi connectivity index (χ3n) is 6.45. The molecule has 2 aromatic carbocycles. The van der Waals surface area contributed by atoms with Crippen LogP contribution in [0.15, 0.2) is 59.7 Å². The number of hydrogen-bond donors (Lipinski definition) is 0. The maximum Gasteiger partial charge on any atom is 0.265 e. The van der Waals surface area contributed by atoms with Crippen LogP contribution in [0.5, 0.6) is 0 Å². The number of aromatic nitrogens is 5. The van der Waals surface area contributed by atoms with Crippen LogP contribution in [-0.2, 0) is 11.3 Å². The van der Waals surface area contributed by atoms with Gasteiger partial charge in [-0.05, 0) is 55.5 Å². The molecule has 5 rings (SSSR count). The topological polar surface area (TPSA) is 74.8 Å². The maximum absolute atomic E-state index is 13.6. The summed E-state index contributed by atoms with van der Waals surface area (Å²) in [6.45, 7) is 8.19. The quantitative estimate of drug-likeness (QED) is 0.300. The number of benzene rings is 2. The van der Waals surface area contributed by atoms with Gasteiger partial charge in [0.05, 0.1) is 17.4 Å². The minimum atomic E-state index is -0.106. The molecule has 0 N–H and O–H groups in total. The summed E-state index contributed by atoms with van der Waals surface area (Å²) in [7, 11) is 0. The van der Waals surface area contributed by atoms with E-state index < -0.39 is 0 Å². The molecule has 0 aliphatic heterocycles. The van der Waals surface area contributed by atoms with Crippen molar-refractivity contribution >= 4 is 33.2 Å². The normalized spacial score (nSPS) is 12.7. The zero-order chi connectivity index (χ0) is 23.7. The zero-order valence-corrected chi connectivity index (χ0v) is 19.9. The largest absolute Gasteiger partial charge is 0.382 e. The molecule has 5 aromatic rings. The predicted molar refractivity (Wildman–Crippen MR) is 136 cm³/mol. The molecule has 34 heavy (non-hydrogen) atoms. The van der Waals surface area contributed by atoms with Gasteiger partial charge >= 0.3 is 0 Å². The first-order chi connectivity index (χ1) is 16.6. The molecule has 174 valence electrons. The molecule has 3 heterocycles. The lowest BCUT2D eigenvalue weighted by Crippen LogP contribution is -2.21. The highest BCUT2D eigenvalue weighted by Crippen LogP contribution is 2.29. The number of para-hydroxylation sites is 2. The molecule has 0 bridgehead atoms. The van der Waals surface area contributed by atoms with E-state index in [1.165, 1.54) is 5.56 Å². The van der Waals surface area contributed by atoms with Gasteiger partial charge in [-0.25, -0.2) is 15.0 Å². The van der Waals surface area contributed by atoms with Gasteiger partial charge in [-0.3, -0.25) is 13.9 Å². The van der Waals surface area contributed by atoms with E-state index in [9.17, 15) is 4.79 Å². The summed E-state index contributed by atoms with van der Waals surface area (Å²) in [6.07, 6.45) is 3.45. The van der Waals surface area contributed by atoms with Crippen LogP contribution in [0.1, 0.15) is 45.1 Å². The molecule has 0 spiro atoms. The van der Waals surface area contributed by atoms with Gasteiger partial charge in [0.25, 0.3) is 5.56 Å². The second kappa shape index (κ2) is 9.35. The van der Waals surface area contributed by atoms with Crippen LogP contribution < -0.4 is 5.56 Å². The van der Waals surface area contributed by atoms with E-state index in [1.807, 2.05) is 35.8 Å². The summed E-state index contributed by atoms with van der Waals surface area (Å²) < 4.78 is 9.04. The van der Waals surface area contributed by atoms with Crippen molar-refractivity contribution in [1.29, 1.82) is 0 Å². The minimum absolute atomic E-state index is 0.106. The van der Waals surface area contributed by atoms with Crippen LogP contribution in [-0.4, -0.2) is 37.3 Å². The number of hydrogen-bond acceptors (Lipinski definition) is 5. The molecule has 1 atom stereocenters. The average molecular weight is 456 g/mol. The van der Waals surface area contributed by atoms with E-state index in [0.717, 1.165) is 29.6 Å². The van der Waals surface area contributed by atoms with E-state index in [-0.39, 0.29) is 5.56 Å². The molecule has 7 heteroatoms. The molecule has 0 radical (unpaired) electrons. The van der Waals surface area contributed by atoms with Crippen LogP contribution in [0, 0.1) is 0 Å². The lowest BCUT2D eigenvalue weighted by Gasteiger charge is -2.11. The fourth-order valence-corrected chi connectivity index (χ4v) is 4.34. The number of fused-ring (bicyclic) bond motifs is 4. The lowest BCUT2D eigenvalue weighted by molar-refractivity contribution is 0.141. The van der Waals surface area contributed by atoms with Gasteiger partial charge in [0, 0.05) is 25.4 Å². The van der Waals surface area contributed by atoms with E-state index in [0.29, 0.717) is 47.9 Å². The molecule has 0 aliphatic rings. The summed E-state index contributed by atoms with van der Waals surface area (Å²) in [6, 6.07) is 16.2. The smallest absolute Gasteiger partial charge is 0.265 e. The third-order valence-corrected chi connectivity index (χ3v) is 6.45. The third kappa shape index (κ3) is 3.86. The van der Waals surface area contributed by atoms with Gasteiger partial charge in [0.2, 0.25) is 0 Å². The van der Waals surface area contributed by atoms with Gasteiger partial charge < -0.3 is 4.74 Å². The molecule has 0 saturated heterocycles. The fourth-order valence-electron chi connectivity index (χ4n) is 4.34. The molecule has 0 amide bonds. The Morgan fingerprint density at radius 2 is 1.71 bits per heavy atom. The molecule has 0 saturated carbocycles. The van der Waals surface area contributed by atoms with Crippen LogP contribution in [0.25, 0.3) is 38.9 Å². The minimum Gasteiger partial charge on any atom is -0.382 e. The van der Waals surface area contributed by atoms with Crippen molar-refractivity contribution < 1.29 is 4.74 Å². The van der Waals surface area contributed by atoms with Crippen LogP contribution in [0.4, 0.5) is 0 Å². The molecule has 3 aromatic heterocycles. The molecule has 0 fully saturated rings. The van der Waals surface area contributed by atoms with Crippen LogP contribution in [0.3, 0.4) is 0 Å². The molecule has 0 aliphatic carbocycles. The SMILES string of the molecule is CCOCCCn1cnc2c(c1=O)c1nc3ccccc3nc1n2-c1ccc([C@@H](C)CC)cc1. The zero-order valence-electron chi connectivity index (χ0n) is 19.9. The van der Waals surface area contributed by atoms with Gasteiger partial charge in [-0.2, -0.15) is 0 Å². The Kier molecular flexibility index (Phi) is 6.11. The summed E-state index contributed by atoms with van der Waals surface area (Å²) in [5.41, 5.74) is 5.43. The van der Waals surface area contributed by atoms with Crippen molar-refractivity contribution in [2.45, 2.75) is 46.1 Å². The predicted octanol–water partition coefficient (Wildman–Crippen LogP) is 5.22. The van der Waals surface area contributed by atoms with E-state index in [1.54, 1.807) is 10.9 Å². The summed E-state index contributed by atoms with van der Waals surface area (Å²) in [5.74, 6) is 0.484. The first kappa shape index (κ1) is 22.2. The number of ether oxygens (including phenoxy) is 1. The second-order valence-corrected chi connectivity index (χ2v) is 8.61. The average Bonchev–Trinajstić information content (AvgIpc) is 3.19. The van der Waals surface area contributed by atoms with Crippen molar-refractivity contribution in [3.63, 3.8) is 0 Å². The van der Waals surface area contributed by atoms with Gasteiger partial charge in [0.15, 0.2) is 11.3 Å². The van der Waals surface area contributed by atoms with Gasteiger partial charge in [-0.1, -0.05) is 38.1 Å². The number of rotatable bonds is 8. The number of aryl methyl sites for hydroxylation is 1. The van der Waals surface area contributed by atoms with Crippen molar-refractivity contribution in [3.05, 3.63) is 70.8 Å².